The van der Waals surface area contributed by atoms with Crippen molar-refractivity contribution in [3.8, 4) is 11.5 Å². The van der Waals surface area contributed by atoms with Gasteiger partial charge in [-0.3, -0.25) is 9.78 Å². The van der Waals surface area contributed by atoms with Gasteiger partial charge in [0.1, 0.15) is 0 Å². The number of hydrogen-bond donors (Lipinski definition) is 3. The molecule has 0 saturated heterocycles. The van der Waals surface area contributed by atoms with Gasteiger partial charge in [-0.1, -0.05) is 26.0 Å². The number of nitrogens with zero attached hydrogens (tertiary/aromatic N) is 1. The lowest BCUT2D eigenvalue weighted by Gasteiger charge is -2.40. The Hall–Kier alpha value is -3.34. The average Bonchev–Trinajstić information content (AvgIpc) is 2.67. The third-order valence-corrected chi connectivity index (χ3v) is 5.94. The van der Waals surface area contributed by atoms with Crippen LogP contribution in [0, 0.1) is 5.41 Å². The van der Waals surface area contributed by atoms with Crippen LogP contribution in [-0.4, -0.2) is 21.0 Å². The van der Waals surface area contributed by atoms with Gasteiger partial charge < -0.3 is 15.5 Å². The number of aromatic hydroxyl groups is 2. The molecule has 0 fully saturated rings. The van der Waals surface area contributed by atoms with E-state index in [-0.39, 0.29) is 28.6 Å². The molecule has 0 saturated carbocycles. The third kappa shape index (κ3) is 2.77. The minimum absolute atomic E-state index is 0.111. The molecule has 0 amide bonds. The van der Waals surface area contributed by atoms with Gasteiger partial charge in [0, 0.05) is 40.9 Å². The van der Waals surface area contributed by atoms with Crippen LogP contribution in [0.15, 0.2) is 59.9 Å². The van der Waals surface area contributed by atoms with Gasteiger partial charge in [-0.25, -0.2) is 0 Å². The van der Waals surface area contributed by atoms with Crippen molar-refractivity contribution in [3.05, 3.63) is 71.1 Å². The number of rotatable bonds is 1. The van der Waals surface area contributed by atoms with E-state index in [4.69, 9.17) is 0 Å². The summed E-state index contributed by atoms with van der Waals surface area (Å²) in [4.78, 5) is 17.8. The second-order valence-electron chi connectivity index (χ2n) is 8.74. The van der Waals surface area contributed by atoms with Crippen LogP contribution >= 0.6 is 0 Å². The minimum Gasteiger partial charge on any atom is -0.504 e. The zero-order valence-corrected chi connectivity index (χ0v) is 16.4. The number of nitrogens with one attached hydrogen (secondary N) is 1. The molecule has 0 bridgehead atoms. The van der Waals surface area contributed by atoms with Crippen LogP contribution in [-0.2, 0) is 4.79 Å². The molecule has 2 heterocycles. The second kappa shape index (κ2) is 6.08. The number of carbonyl (C=O) groups excluding carboxylic acids is 1. The highest BCUT2D eigenvalue weighted by Gasteiger charge is 2.41. The Kier molecular flexibility index (Phi) is 3.72. The second-order valence-corrected chi connectivity index (χ2v) is 8.74. The van der Waals surface area contributed by atoms with Gasteiger partial charge in [-0.15, -0.1) is 0 Å². The topological polar surface area (TPSA) is 82.5 Å². The van der Waals surface area contributed by atoms with E-state index in [2.05, 4.69) is 24.1 Å². The summed E-state index contributed by atoms with van der Waals surface area (Å²) in [5, 5.41) is 24.5. The molecular weight excluding hydrogens is 364 g/mol. The number of phenolic OH excluding ortho intramolecular Hbond substituents is 2. The summed E-state index contributed by atoms with van der Waals surface area (Å²) in [5.74, 6) is -0.573. The molecule has 1 aliphatic heterocycles. The number of pyridine rings is 1. The lowest BCUT2D eigenvalue weighted by molar-refractivity contribution is -0.118. The van der Waals surface area contributed by atoms with Crippen molar-refractivity contribution in [3.63, 3.8) is 0 Å². The first kappa shape index (κ1) is 17.7. The van der Waals surface area contributed by atoms with Gasteiger partial charge >= 0.3 is 0 Å². The van der Waals surface area contributed by atoms with E-state index in [0.717, 1.165) is 45.4 Å². The molecule has 3 N–H and O–H groups in total. The Morgan fingerprint density at radius 2 is 1.90 bits per heavy atom. The quantitative estimate of drug-likeness (QED) is 0.521. The molecule has 1 atom stereocenters. The van der Waals surface area contributed by atoms with E-state index in [1.54, 1.807) is 18.3 Å². The SMILES string of the molecule is CC1(C)CC(=O)C2=C(C1)Nc1ccc3ncccc3c1C2c1ccc(O)c(O)c1. The van der Waals surface area contributed by atoms with Gasteiger partial charge in [0.05, 0.1) is 5.52 Å². The number of aromatic nitrogens is 1. The van der Waals surface area contributed by atoms with Crippen LogP contribution < -0.4 is 5.32 Å². The summed E-state index contributed by atoms with van der Waals surface area (Å²) in [6.07, 6.45) is 3.01. The lowest BCUT2D eigenvalue weighted by atomic mass is 9.68. The number of ketones is 1. The number of phenols is 2. The summed E-state index contributed by atoms with van der Waals surface area (Å²) in [7, 11) is 0. The van der Waals surface area contributed by atoms with E-state index in [1.165, 1.54) is 6.07 Å². The number of carbonyl (C=O) groups is 1. The van der Waals surface area contributed by atoms with Gasteiger partial charge in [-0.2, -0.15) is 0 Å². The molecule has 1 aromatic heterocycles. The van der Waals surface area contributed by atoms with Gasteiger partial charge in [0.2, 0.25) is 0 Å². The first-order chi connectivity index (χ1) is 13.8. The standard InChI is InChI=1S/C24H22N2O3/c1-24(2)11-17-23(20(29)12-24)21(13-5-8-18(27)19(28)10-13)22-14-4-3-9-25-15(14)6-7-16(22)26-17/h3-10,21,26-28H,11-12H2,1-2H3. The zero-order valence-electron chi connectivity index (χ0n) is 16.4. The molecule has 0 radical (unpaired) electrons. The summed E-state index contributed by atoms with van der Waals surface area (Å²) in [6.45, 7) is 4.22. The number of anilines is 1. The fraction of sp³-hybridized carbons (Fsp3) is 0.250. The first-order valence-corrected chi connectivity index (χ1v) is 9.77. The lowest BCUT2D eigenvalue weighted by Crippen LogP contribution is -2.33. The zero-order chi connectivity index (χ0) is 20.3. The molecule has 0 spiro atoms. The molecule has 1 aliphatic carbocycles. The summed E-state index contributed by atoms with van der Waals surface area (Å²) >= 11 is 0. The maximum Gasteiger partial charge on any atom is 0.162 e. The van der Waals surface area contributed by atoms with Crippen molar-refractivity contribution in [1.29, 1.82) is 0 Å². The van der Waals surface area contributed by atoms with Crippen LogP contribution in [0.4, 0.5) is 5.69 Å². The highest BCUT2D eigenvalue weighted by atomic mass is 16.3. The highest BCUT2D eigenvalue weighted by Crippen LogP contribution is 2.51. The Morgan fingerprint density at radius 3 is 2.69 bits per heavy atom. The van der Waals surface area contributed by atoms with Crippen LogP contribution in [0.1, 0.15) is 43.7 Å². The van der Waals surface area contributed by atoms with E-state index in [9.17, 15) is 15.0 Å². The van der Waals surface area contributed by atoms with Crippen molar-refractivity contribution in [2.45, 2.75) is 32.6 Å². The molecule has 5 nitrogen and oxygen atoms in total. The molecule has 146 valence electrons. The predicted molar refractivity (Wildman–Crippen MR) is 112 cm³/mol. The Bertz CT molecular complexity index is 1210. The largest absolute Gasteiger partial charge is 0.504 e. The number of hydrogen-bond acceptors (Lipinski definition) is 5. The summed E-state index contributed by atoms with van der Waals surface area (Å²) in [6, 6.07) is 12.7. The van der Waals surface area contributed by atoms with E-state index in [1.807, 2.05) is 24.3 Å². The Balaban J connectivity index is 1.82. The molecule has 5 rings (SSSR count). The molecule has 5 heteroatoms. The van der Waals surface area contributed by atoms with Crippen LogP contribution in [0.5, 0.6) is 11.5 Å². The van der Waals surface area contributed by atoms with Gasteiger partial charge in [-0.05, 0) is 53.3 Å². The normalized spacial score (nSPS) is 20.2. The maximum absolute atomic E-state index is 13.3. The molecule has 1 unspecified atom stereocenters. The first-order valence-electron chi connectivity index (χ1n) is 9.77. The summed E-state index contributed by atoms with van der Waals surface area (Å²) < 4.78 is 0. The maximum atomic E-state index is 13.3. The molecule has 29 heavy (non-hydrogen) atoms. The minimum atomic E-state index is -0.329. The number of fused-ring (bicyclic) bond motifs is 3. The van der Waals surface area contributed by atoms with Gasteiger partial charge in [0.15, 0.2) is 17.3 Å². The Labute approximate surface area is 168 Å². The predicted octanol–water partition coefficient (Wildman–Crippen LogP) is 4.85. The van der Waals surface area contributed by atoms with Gasteiger partial charge in [0.25, 0.3) is 0 Å². The van der Waals surface area contributed by atoms with Crippen molar-refractivity contribution in [2.24, 2.45) is 5.41 Å². The smallest absolute Gasteiger partial charge is 0.162 e. The van der Waals surface area contributed by atoms with Crippen LogP contribution in [0.25, 0.3) is 10.9 Å². The number of allylic oxidation sites excluding steroid dienone is 2. The fourth-order valence-corrected chi connectivity index (χ4v) is 4.74. The fourth-order valence-electron chi connectivity index (χ4n) is 4.74. The van der Waals surface area contributed by atoms with Crippen LogP contribution in [0.2, 0.25) is 0 Å². The van der Waals surface area contributed by atoms with E-state index >= 15 is 0 Å². The molecular formula is C24H22N2O3. The summed E-state index contributed by atoms with van der Waals surface area (Å²) in [5.41, 5.74) is 5.15. The average molecular weight is 386 g/mol. The van der Waals surface area contributed by atoms with Crippen molar-refractivity contribution >= 4 is 22.4 Å². The van der Waals surface area contributed by atoms with Crippen molar-refractivity contribution < 1.29 is 15.0 Å². The van der Waals surface area contributed by atoms with E-state index in [0.29, 0.717) is 6.42 Å². The number of Topliss-reactive ketones (excluding diaryl/α,β-unsaturated/α-hetero) is 1. The van der Waals surface area contributed by atoms with Crippen LogP contribution in [0.3, 0.4) is 0 Å². The molecule has 2 aromatic carbocycles. The molecule has 3 aromatic rings. The number of benzene rings is 2. The molecule has 2 aliphatic rings. The van der Waals surface area contributed by atoms with Crippen molar-refractivity contribution in [2.75, 3.05) is 5.32 Å². The van der Waals surface area contributed by atoms with E-state index < -0.39 is 0 Å². The monoisotopic (exact) mass is 386 g/mol. The Morgan fingerprint density at radius 1 is 1.07 bits per heavy atom. The third-order valence-electron chi connectivity index (χ3n) is 5.94. The highest BCUT2D eigenvalue weighted by molar-refractivity contribution is 6.04. The van der Waals surface area contributed by atoms with Crippen molar-refractivity contribution in [1.82, 2.24) is 4.98 Å².